The Morgan fingerprint density at radius 2 is 1.96 bits per heavy atom. The Bertz CT molecular complexity index is 830. The second-order valence-corrected chi connectivity index (χ2v) is 7.45. The number of fused-ring (bicyclic) bond motifs is 2. The molecule has 2 aliphatic heterocycles. The summed E-state index contributed by atoms with van der Waals surface area (Å²) in [6.07, 6.45) is 2.44. The van der Waals surface area contributed by atoms with Crippen molar-refractivity contribution < 1.29 is 9.21 Å². The van der Waals surface area contributed by atoms with Gasteiger partial charge in [-0.05, 0) is 49.9 Å². The fourth-order valence-electron chi connectivity index (χ4n) is 4.09. The number of hydrogen-bond acceptors (Lipinski definition) is 4. The lowest BCUT2D eigenvalue weighted by Gasteiger charge is -2.21. The van der Waals surface area contributed by atoms with E-state index in [0.717, 1.165) is 39.0 Å². The molecule has 0 aliphatic carbocycles. The lowest BCUT2D eigenvalue weighted by atomic mass is 9.92. The second-order valence-electron chi connectivity index (χ2n) is 7.02. The number of nitrogens with zero attached hydrogens (tertiary/aromatic N) is 2. The van der Waals surface area contributed by atoms with Gasteiger partial charge in [0, 0.05) is 37.1 Å². The summed E-state index contributed by atoms with van der Waals surface area (Å²) in [5.41, 5.74) is 1.14. The number of carbonyl (C=O) groups excluding carboxylic acids is 1. The third kappa shape index (κ3) is 3.33. The standard InChI is InChI=1S/C18H22ClN3O3/c19-14-1-2-15-16(9-14)25-18(24)22(15)8-5-17(23)21-6-3-12-10-20-11-13(12)4-7-21/h1-2,9,12-13,20H,3-8,10-11H2/t12-,13+. The summed E-state index contributed by atoms with van der Waals surface area (Å²) in [6, 6.07) is 5.10. The van der Waals surface area contributed by atoms with Crippen LogP contribution in [0.4, 0.5) is 0 Å². The molecule has 4 rings (SSSR count). The van der Waals surface area contributed by atoms with Crippen molar-refractivity contribution in [3.63, 3.8) is 0 Å². The molecule has 2 aliphatic rings. The molecule has 134 valence electrons. The number of aromatic nitrogens is 1. The molecule has 6 nitrogen and oxygen atoms in total. The van der Waals surface area contributed by atoms with Gasteiger partial charge in [-0.15, -0.1) is 0 Å². The summed E-state index contributed by atoms with van der Waals surface area (Å²) in [5.74, 6) is 1.07. The number of amides is 1. The molecule has 1 N–H and O–H groups in total. The van der Waals surface area contributed by atoms with Crippen LogP contribution in [-0.4, -0.2) is 41.6 Å². The minimum Gasteiger partial charge on any atom is -0.408 e. The molecule has 2 aromatic rings. The van der Waals surface area contributed by atoms with Crippen molar-refractivity contribution >= 4 is 28.6 Å². The first-order valence-electron chi connectivity index (χ1n) is 8.89. The Balaban J connectivity index is 1.42. The van der Waals surface area contributed by atoms with Crippen LogP contribution in [-0.2, 0) is 11.3 Å². The molecule has 1 aromatic heterocycles. The van der Waals surface area contributed by atoms with Crippen LogP contribution < -0.4 is 11.1 Å². The largest absolute Gasteiger partial charge is 0.419 e. The predicted molar refractivity (Wildman–Crippen MR) is 95.8 cm³/mol. The van der Waals surface area contributed by atoms with Gasteiger partial charge in [0.05, 0.1) is 5.52 Å². The van der Waals surface area contributed by atoms with Crippen LogP contribution in [0.15, 0.2) is 27.4 Å². The Morgan fingerprint density at radius 1 is 1.24 bits per heavy atom. The summed E-state index contributed by atoms with van der Waals surface area (Å²) in [5, 5.41) is 3.97. The number of benzene rings is 1. The molecule has 2 atom stereocenters. The fraction of sp³-hybridized carbons (Fsp3) is 0.556. The van der Waals surface area contributed by atoms with E-state index in [4.69, 9.17) is 16.0 Å². The maximum Gasteiger partial charge on any atom is 0.419 e. The molecule has 1 aromatic carbocycles. The minimum absolute atomic E-state index is 0.114. The zero-order valence-electron chi connectivity index (χ0n) is 14.0. The van der Waals surface area contributed by atoms with Gasteiger partial charge >= 0.3 is 5.76 Å². The van der Waals surface area contributed by atoms with E-state index >= 15 is 0 Å². The van der Waals surface area contributed by atoms with Gasteiger partial charge in [-0.1, -0.05) is 11.6 Å². The molecule has 2 saturated heterocycles. The van der Waals surface area contributed by atoms with Crippen molar-refractivity contribution in [2.24, 2.45) is 11.8 Å². The van der Waals surface area contributed by atoms with Gasteiger partial charge in [0.25, 0.3) is 0 Å². The van der Waals surface area contributed by atoms with Crippen LogP contribution in [0.5, 0.6) is 0 Å². The first kappa shape index (κ1) is 16.7. The van der Waals surface area contributed by atoms with Crippen molar-refractivity contribution in [1.29, 1.82) is 0 Å². The van der Waals surface area contributed by atoms with Crippen molar-refractivity contribution in [1.82, 2.24) is 14.8 Å². The van der Waals surface area contributed by atoms with Crippen molar-refractivity contribution in [3.05, 3.63) is 33.8 Å². The molecule has 0 radical (unpaired) electrons. The Hall–Kier alpha value is -1.79. The van der Waals surface area contributed by atoms with Crippen LogP contribution in [0.3, 0.4) is 0 Å². The molecule has 25 heavy (non-hydrogen) atoms. The zero-order chi connectivity index (χ0) is 17.4. The molecule has 0 unspecified atom stereocenters. The lowest BCUT2D eigenvalue weighted by molar-refractivity contribution is -0.131. The highest BCUT2D eigenvalue weighted by Crippen LogP contribution is 2.27. The Kier molecular flexibility index (Phi) is 4.56. The van der Waals surface area contributed by atoms with Crippen molar-refractivity contribution in [2.75, 3.05) is 26.2 Å². The molecule has 0 bridgehead atoms. The van der Waals surface area contributed by atoms with E-state index in [-0.39, 0.29) is 5.91 Å². The lowest BCUT2D eigenvalue weighted by Crippen LogP contribution is -2.33. The smallest absolute Gasteiger partial charge is 0.408 e. The van der Waals surface area contributed by atoms with Crippen molar-refractivity contribution in [3.8, 4) is 0 Å². The Morgan fingerprint density at radius 3 is 2.68 bits per heavy atom. The third-order valence-electron chi connectivity index (χ3n) is 5.55. The average Bonchev–Trinajstić information content (AvgIpc) is 3.10. The normalized spacial score (nSPS) is 23.6. The number of halogens is 1. The summed E-state index contributed by atoms with van der Waals surface area (Å²) in [7, 11) is 0. The number of likely N-dealkylation sites (tertiary alicyclic amines) is 1. The molecule has 0 spiro atoms. The second kappa shape index (κ2) is 6.84. The van der Waals surface area contributed by atoms with Crippen LogP contribution in [0.2, 0.25) is 5.02 Å². The Labute approximate surface area is 150 Å². The highest BCUT2D eigenvalue weighted by atomic mass is 35.5. The first-order chi connectivity index (χ1) is 12.1. The molecule has 1 amide bonds. The van der Waals surface area contributed by atoms with Crippen LogP contribution in [0.25, 0.3) is 11.1 Å². The molecule has 2 fully saturated rings. The highest BCUT2D eigenvalue weighted by Gasteiger charge is 2.31. The van der Waals surface area contributed by atoms with Gasteiger partial charge in [0.1, 0.15) is 0 Å². The number of rotatable bonds is 3. The highest BCUT2D eigenvalue weighted by molar-refractivity contribution is 6.31. The maximum atomic E-state index is 12.6. The van der Waals surface area contributed by atoms with Gasteiger partial charge in [0.2, 0.25) is 5.91 Å². The summed E-state index contributed by atoms with van der Waals surface area (Å²) in [4.78, 5) is 26.6. The third-order valence-corrected chi connectivity index (χ3v) is 5.79. The van der Waals surface area contributed by atoms with E-state index in [0.29, 0.717) is 40.9 Å². The van der Waals surface area contributed by atoms with E-state index in [2.05, 4.69) is 5.32 Å². The maximum absolute atomic E-state index is 12.6. The number of nitrogens with one attached hydrogen (secondary N) is 1. The van der Waals surface area contributed by atoms with Gasteiger partial charge < -0.3 is 14.6 Å². The van der Waals surface area contributed by atoms with Gasteiger partial charge in [-0.3, -0.25) is 9.36 Å². The van der Waals surface area contributed by atoms with E-state index in [1.807, 2.05) is 4.90 Å². The van der Waals surface area contributed by atoms with Crippen LogP contribution in [0, 0.1) is 11.8 Å². The topological polar surface area (TPSA) is 67.5 Å². The van der Waals surface area contributed by atoms with Gasteiger partial charge in [-0.25, -0.2) is 4.79 Å². The number of oxazole rings is 1. The average molecular weight is 364 g/mol. The minimum atomic E-state index is -0.443. The number of aryl methyl sites for hydroxylation is 1. The quantitative estimate of drug-likeness (QED) is 0.906. The molecular formula is C18H22ClN3O3. The van der Waals surface area contributed by atoms with E-state index in [9.17, 15) is 9.59 Å². The fourth-order valence-corrected chi connectivity index (χ4v) is 4.25. The number of hydrogen-bond donors (Lipinski definition) is 1. The van der Waals surface area contributed by atoms with Crippen LogP contribution >= 0.6 is 11.6 Å². The van der Waals surface area contributed by atoms with E-state index < -0.39 is 5.76 Å². The summed E-state index contributed by atoms with van der Waals surface area (Å²) < 4.78 is 6.73. The molecule has 0 saturated carbocycles. The van der Waals surface area contributed by atoms with Crippen LogP contribution in [0.1, 0.15) is 19.3 Å². The van der Waals surface area contributed by atoms with E-state index in [1.165, 1.54) is 4.57 Å². The number of carbonyl (C=O) groups is 1. The predicted octanol–water partition coefficient (Wildman–Crippen LogP) is 2.10. The molecule has 3 heterocycles. The van der Waals surface area contributed by atoms with Crippen molar-refractivity contribution in [2.45, 2.75) is 25.8 Å². The SMILES string of the molecule is O=C(CCn1c(=O)oc2cc(Cl)ccc21)N1CC[C@@H]2CNC[C@@H]2CC1. The monoisotopic (exact) mass is 363 g/mol. The summed E-state index contributed by atoms with van der Waals surface area (Å²) >= 11 is 5.93. The first-order valence-corrected chi connectivity index (χ1v) is 9.27. The van der Waals surface area contributed by atoms with Gasteiger partial charge in [0.15, 0.2) is 5.58 Å². The zero-order valence-corrected chi connectivity index (χ0v) is 14.8. The summed E-state index contributed by atoms with van der Waals surface area (Å²) in [6.45, 7) is 4.12. The van der Waals surface area contributed by atoms with E-state index in [1.54, 1.807) is 18.2 Å². The molecule has 7 heteroatoms. The van der Waals surface area contributed by atoms with Gasteiger partial charge in [-0.2, -0.15) is 0 Å². The molecular weight excluding hydrogens is 342 g/mol.